The van der Waals surface area contributed by atoms with E-state index in [2.05, 4.69) is 0 Å². The molecule has 136 valence electrons. The summed E-state index contributed by atoms with van der Waals surface area (Å²) in [6.45, 7) is -1.13. The van der Waals surface area contributed by atoms with Crippen LogP contribution in [0.15, 0.2) is 0 Å². The Balaban J connectivity index is 0. The molecule has 12 heteroatoms. The van der Waals surface area contributed by atoms with Crippen LogP contribution in [0.3, 0.4) is 0 Å². The summed E-state index contributed by atoms with van der Waals surface area (Å²) < 4.78 is 102. The first-order chi connectivity index (χ1) is 9.84. The molecule has 0 fully saturated rings. The Bertz CT molecular complexity index is 399. The molecule has 0 saturated heterocycles. The van der Waals surface area contributed by atoms with Gasteiger partial charge in [0, 0.05) is 6.54 Å². The van der Waals surface area contributed by atoms with Gasteiger partial charge in [-0.25, -0.2) is 0 Å². The summed E-state index contributed by atoms with van der Waals surface area (Å²) in [5, 5.41) is 0. The van der Waals surface area contributed by atoms with Gasteiger partial charge in [0.25, 0.3) is 10.1 Å². The molecule has 0 aliphatic heterocycles. The Morgan fingerprint density at radius 3 is 1.43 bits per heavy atom. The first-order valence-corrected chi connectivity index (χ1v) is 8.31. The zero-order valence-electron chi connectivity index (χ0n) is 11.8. The standard InChI is InChI=1S/C11H19F6NO3S.Na.H/c12-10(13,14)18(11(15,16)17)8-6-4-2-1-3-5-7-9-22(19,20)21;;/h1-9H2,(H,19,20,21);;. The van der Waals surface area contributed by atoms with Crippen molar-refractivity contribution in [2.24, 2.45) is 0 Å². The third-order valence-electron chi connectivity index (χ3n) is 2.90. The van der Waals surface area contributed by atoms with Crippen molar-refractivity contribution in [1.82, 2.24) is 4.90 Å². The summed E-state index contributed by atoms with van der Waals surface area (Å²) in [6, 6.07) is 0. The zero-order chi connectivity index (χ0) is 17.4. The van der Waals surface area contributed by atoms with E-state index in [4.69, 9.17) is 4.55 Å². The first kappa shape index (κ1) is 25.7. The molecule has 0 radical (unpaired) electrons. The van der Waals surface area contributed by atoms with Gasteiger partial charge in [-0.1, -0.05) is 32.1 Å². The fourth-order valence-corrected chi connectivity index (χ4v) is 2.40. The average Bonchev–Trinajstić information content (AvgIpc) is 2.26. The predicted molar refractivity (Wildman–Crippen MR) is 74.7 cm³/mol. The van der Waals surface area contributed by atoms with Gasteiger partial charge in [-0.2, -0.15) is 34.8 Å². The molecule has 0 amide bonds. The molecule has 1 N–H and O–H groups in total. The molecule has 0 aromatic carbocycles. The van der Waals surface area contributed by atoms with Crippen LogP contribution in [0.25, 0.3) is 0 Å². The third kappa shape index (κ3) is 14.5. The Morgan fingerprint density at radius 1 is 0.739 bits per heavy atom. The summed E-state index contributed by atoms with van der Waals surface area (Å²) in [6.07, 6.45) is -8.42. The van der Waals surface area contributed by atoms with Crippen molar-refractivity contribution in [3.05, 3.63) is 0 Å². The van der Waals surface area contributed by atoms with Gasteiger partial charge in [-0.05, 0) is 12.8 Å². The van der Waals surface area contributed by atoms with Crippen LogP contribution in [0.2, 0.25) is 0 Å². The van der Waals surface area contributed by atoms with Gasteiger partial charge in [0.15, 0.2) is 0 Å². The van der Waals surface area contributed by atoms with Gasteiger partial charge in [0.05, 0.1) is 5.75 Å². The van der Waals surface area contributed by atoms with Crippen LogP contribution in [-0.2, 0) is 10.1 Å². The second-order valence-corrected chi connectivity index (χ2v) is 6.42. The topological polar surface area (TPSA) is 57.6 Å². The summed E-state index contributed by atoms with van der Waals surface area (Å²) >= 11 is 0. The number of rotatable bonds is 10. The normalized spacial score (nSPS) is 13.2. The van der Waals surface area contributed by atoms with Gasteiger partial charge >= 0.3 is 42.2 Å². The molecule has 0 aromatic rings. The van der Waals surface area contributed by atoms with Crippen LogP contribution < -0.4 is 0 Å². The molecule has 0 bridgehead atoms. The van der Waals surface area contributed by atoms with Crippen molar-refractivity contribution >= 4 is 39.7 Å². The van der Waals surface area contributed by atoms with E-state index in [9.17, 15) is 34.8 Å². The zero-order valence-corrected chi connectivity index (χ0v) is 12.6. The second kappa shape index (κ2) is 11.1. The Hall–Kier alpha value is 0.450. The minimum absolute atomic E-state index is 0. The van der Waals surface area contributed by atoms with Gasteiger partial charge in [-0.15, -0.1) is 4.90 Å². The molecule has 0 spiro atoms. The molecule has 23 heavy (non-hydrogen) atoms. The average molecular weight is 383 g/mol. The molecule has 0 aromatic heterocycles. The summed E-state index contributed by atoms with van der Waals surface area (Å²) in [4.78, 5) is -1.44. The molecule has 0 saturated carbocycles. The number of alkyl halides is 6. The van der Waals surface area contributed by atoms with E-state index in [-0.39, 0.29) is 54.6 Å². The fraction of sp³-hybridized carbons (Fsp3) is 1.00. The molecular formula is C11H20F6NNaO3S. The summed E-state index contributed by atoms with van der Waals surface area (Å²) in [5.74, 6) is -0.348. The van der Waals surface area contributed by atoms with Crippen molar-refractivity contribution in [2.45, 2.75) is 57.5 Å². The maximum absolute atomic E-state index is 12.2. The first-order valence-electron chi connectivity index (χ1n) is 6.70. The number of hydrogen-bond acceptors (Lipinski definition) is 3. The van der Waals surface area contributed by atoms with Gasteiger partial charge in [-0.3, -0.25) is 4.55 Å². The molecule has 0 atom stereocenters. The monoisotopic (exact) mass is 383 g/mol. The van der Waals surface area contributed by atoms with Gasteiger partial charge in [0.1, 0.15) is 0 Å². The molecule has 0 unspecified atom stereocenters. The molecule has 0 aliphatic carbocycles. The van der Waals surface area contributed by atoms with E-state index >= 15 is 0 Å². The Kier molecular flexibility index (Phi) is 12.4. The number of hydrogen-bond donors (Lipinski definition) is 1. The van der Waals surface area contributed by atoms with Crippen LogP contribution in [-0.4, -0.2) is 72.3 Å². The number of nitrogens with zero attached hydrogens (tertiary/aromatic N) is 1. The predicted octanol–water partition coefficient (Wildman–Crippen LogP) is 3.30. The van der Waals surface area contributed by atoms with E-state index in [0.717, 1.165) is 0 Å². The van der Waals surface area contributed by atoms with Crippen molar-refractivity contribution in [3.63, 3.8) is 0 Å². The van der Waals surface area contributed by atoms with Crippen LogP contribution in [0, 0.1) is 0 Å². The van der Waals surface area contributed by atoms with Crippen molar-refractivity contribution in [3.8, 4) is 0 Å². The van der Waals surface area contributed by atoms with Crippen LogP contribution in [0.4, 0.5) is 26.3 Å². The van der Waals surface area contributed by atoms with Crippen molar-refractivity contribution in [2.75, 3.05) is 12.3 Å². The van der Waals surface area contributed by atoms with Gasteiger partial charge in [0.2, 0.25) is 0 Å². The quantitative estimate of drug-likeness (QED) is 0.207. The van der Waals surface area contributed by atoms with Crippen LogP contribution in [0.5, 0.6) is 0 Å². The maximum atomic E-state index is 12.2. The molecule has 0 rings (SSSR count). The van der Waals surface area contributed by atoms with Crippen LogP contribution >= 0.6 is 0 Å². The van der Waals surface area contributed by atoms with E-state index < -0.39 is 34.2 Å². The number of unbranched alkanes of at least 4 members (excludes halogenated alkanes) is 6. The second-order valence-electron chi connectivity index (χ2n) is 4.85. The van der Waals surface area contributed by atoms with E-state index in [1.807, 2.05) is 0 Å². The SMILES string of the molecule is O=S(=O)(O)CCCCCCCCCN(C(F)(F)F)C(F)(F)F.[NaH]. The van der Waals surface area contributed by atoms with Crippen molar-refractivity contribution in [1.29, 1.82) is 0 Å². The third-order valence-corrected chi connectivity index (χ3v) is 3.70. The van der Waals surface area contributed by atoms with Crippen molar-refractivity contribution < 1.29 is 39.3 Å². The minimum atomic E-state index is -5.44. The summed E-state index contributed by atoms with van der Waals surface area (Å²) in [7, 11) is -3.98. The van der Waals surface area contributed by atoms with Crippen LogP contribution in [0.1, 0.15) is 44.9 Å². The molecular weight excluding hydrogens is 363 g/mol. The Morgan fingerprint density at radius 2 is 1.09 bits per heavy atom. The summed E-state index contributed by atoms with van der Waals surface area (Å²) in [5.41, 5.74) is 0. The van der Waals surface area contributed by atoms with E-state index in [0.29, 0.717) is 25.7 Å². The fourth-order valence-electron chi connectivity index (χ4n) is 1.84. The Labute approximate surface area is 153 Å². The molecule has 0 heterocycles. The van der Waals surface area contributed by atoms with E-state index in [1.165, 1.54) is 0 Å². The molecule has 4 nitrogen and oxygen atoms in total. The van der Waals surface area contributed by atoms with E-state index in [1.54, 1.807) is 0 Å². The molecule has 0 aliphatic rings. The number of halogens is 6. The van der Waals surface area contributed by atoms with Gasteiger partial charge < -0.3 is 0 Å².